The van der Waals surface area contributed by atoms with E-state index in [1.54, 1.807) is 11.1 Å². The van der Waals surface area contributed by atoms with Gasteiger partial charge in [0.15, 0.2) is 0 Å². The van der Waals surface area contributed by atoms with Crippen LogP contribution in [0.25, 0.3) is 0 Å². The summed E-state index contributed by atoms with van der Waals surface area (Å²) in [5.74, 6) is 0.900. The average molecular weight is 271 g/mol. The predicted molar refractivity (Wildman–Crippen MR) is 86.1 cm³/mol. The molecule has 0 heterocycles. The molecular weight excluding hydrogens is 242 g/mol. The first-order valence-corrected chi connectivity index (χ1v) is 8.60. The van der Waals surface area contributed by atoms with Crippen molar-refractivity contribution >= 4 is 0 Å². The van der Waals surface area contributed by atoms with Gasteiger partial charge in [0.05, 0.1) is 0 Å². The smallest absolute Gasteiger partial charge is 0.0294 e. The Morgan fingerprint density at radius 2 is 1.85 bits per heavy atom. The van der Waals surface area contributed by atoms with Crippen LogP contribution in [0.2, 0.25) is 0 Å². The second kappa shape index (κ2) is 6.30. The summed E-state index contributed by atoms with van der Waals surface area (Å²) in [5.41, 5.74) is 4.70. The SMILES string of the molecule is CC1CCCC(NC(C)c2ccc3c(c2)CCCC3)C1. The predicted octanol–water partition coefficient (Wildman–Crippen LogP) is 4.79. The summed E-state index contributed by atoms with van der Waals surface area (Å²) in [6.07, 6.45) is 10.9. The zero-order valence-electron chi connectivity index (χ0n) is 13.1. The first-order chi connectivity index (χ1) is 9.72. The highest BCUT2D eigenvalue weighted by molar-refractivity contribution is 5.35. The molecule has 0 radical (unpaired) electrons. The van der Waals surface area contributed by atoms with Gasteiger partial charge in [0.25, 0.3) is 0 Å². The number of fused-ring (bicyclic) bond motifs is 1. The van der Waals surface area contributed by atoms with Crippen LogP contribution in [-0.4, -0.2) is 6.04 Å². The molecule has 1 N–H and O–H groups in total. The second-order valence-electron chi connectivity index (χ2n) is 7.09. The number of aryl methyl sites for hydroxylation is 2. The number of nitrogens with one attached hydrogen (secondary N) is 1. The lowest BCUT2D eigenvalue weighted by Gasteiger charge is -2.30. The van der Waals surface area contributed by atoms with Crippen LogP contribution >= 0.6 is 0 Å². The summed E-state index contributed by atoms with van der Waals surface area (Å²) >= 11 is 0. The van der Waals surface area contributed by atoms with E-state index in [4.69, 9.17) is 0 Å². The Morgan fingerprint density at radius 3 is 2.65 bits per heavy atom. The Bertz CT molecular complexity index is 451. The molecule has 1 saturated carbocycles. The minimum Gasteiger partial charge on any atom is -0.307 e. The van der Waals surface area contributed by atoms with Gasteiger partial charge in [-0.25, -0.2) is 0 Å². The molecule has 0 aromatic heterocycles. The maximum absolute atomic E-state index is 3.87. The van der Waals surface area contributed by atoms with E-state index >= 15 is 0 Å². The fraction of sp³-hybridized carbons (Fsp3) is 0.684. The minimum atomic E-state index is 0.498. The first-order valence-electron chi connectivity index (χ1n) is 8.60. The lowest BCUT2D eigenvalue weighted by molar-refractivity contribution is 0.285. The minimum absolute atomic E-state index is 0.498. The van der Waals surface area contributed by atoms with E-state index < -0.39 is 0 Å². The fourth-order valence-electron chi connectivity index (χ4n) is 4.06. The third-order valence-electron chi connectivity index (χ3n) is 5.29. The van der Waals surface area contributed by atoms with E-state index in [1.807, 2.05) is 0 Å². The van der Waals surface area contributed by atoms with Crippen LogP contribution < -0.4 is 5.32 Å². The van der Waals surface area contributed by atoms with Crippen molar-refractivity contribution in [2.24, 2.45) is 5.92 Å². The molecule has 0 amide bonds. The summed E-state index contributed by atoms with van der Waals surface area (Å²) in [6, 6.07) is 8.43. The fourth-order valence-corrected chi connectivity index (χ4v) is 4.06. The van der Waals surface area contributed by atoms with Crippen LogP contribution in [0.5, 0.6) is 0 Å². The molecule has 110 valence electrons. The molecule has 1 aromatic rings. The van der Waals surface area contributed by atoms with Crippen LogP contribution in [0.3, 0.4) is 0 Å². The second-order valence-corrected chi connectivity index (χ2v) is 7.09. The van der Waals surface area contributed by atoms with Gasteiger partial charge >= 0.3 is 0 Å². The molecule has 2 aliphatic rings. The molecule has 1 heteroatoms. The lowest BCUT2D eigenvalue weighted by atomic mass is 9.86. The van der Waals surface area contributed by atoms with Gasteiger partial charge < -0.3 is 5.32 Å². The van der Waals surface area contributed by atoms with Crippen molar-refractivity contribution in [1.29, 1.82) is 0 Å². The Hall–Kier alpha value is -0.820. The molecule has 3 rings (SSSR count). The van der Waals surface area contributed by atoms with E-state index in [1.165, 1.54) is 56.9 Å². The molecule has 1 fully saturated rings. The monoisotopic (exact) mass is 271 g/mol. The summed E-state index contributed by atoms with van der Waals surface area (Å²) in [6.45, 7) is 4.74. The third-order valence-corrected chi connectivity index (χ3v) is 5.29. The van der Waals surface area contributed by atoms with E-state index in [-0.39, 0.29) is 0 Å². The summed E-state index contributed by atoms with van der Waals surface area (Å²) < 4.78 is 0. The first kappa shape index (κ1) is 14.1. The average Bonchev–Trinajstić information content (AvgIpc) is 2.47. The summed E-state index contributed by atoms with van der Waals surface area (Å²) in [4.78, 5) is 0. The number of rotatable bonds is 3. The Balaban J connectivity index is 1.66. The zero-order valence-corrected chi connectivity index (χ0v) is 13.1. The van der Waals surface area contributed by atoms with Gasteiger partial charge in [-0.15, -0.1) is 0 Å². The quantitative estimate of drug-likeness (QED) is 0.833. The van der Waals surface area contributed by atoms with E-state index in [0.717, 1.165) is 12.0 Å². The molecule has 1 aromatic carbocycles. The third kappa shape index (κ3) is 3.25. The van der Waals surface area contributed by atoms with Gasteiger partial charge in [0.2, 0.25) is 0 Å². The topological polar surface area (TPSA) is 12.0 Å². The normalized spacial score (nSPS) is 27.9. The van der Waals surface area contributed by atoms with Crippen LogP contribution in [0.1, 0.15) is 75.1 Å². The molecule has 0 aliphatic heterocycles. The van der Waals surface area contributed by atoms with Gasteiger partial charge in [0, 0.05) is 12.1 Å². The Labute approximate surface area is 124 Å². The van der Waals surface area contributed by atoms with Gasteiger partial charge in [0.1, 0.15) is 0 Å². The molecule has 2 aliphatic carbocycles. The highest BCUT2D eigenvalue weighted by Gasteiger charge is 2.21. The number of hydrogen-bond acceptors (Lipinski definition) is 1. The van der Waals surface area contributed by atoms with E-state index in [9.17, 15) is 0 Å². The number of hydrogen-bond donors (Lipinski definition) is 1. The maximum atomic E-state index is 3.87. The highest BCUT2D eigenvalue weighted by atomic mass is 14.9. The zero-order chi connectivity index (χ0) is 13.9. The van der Waals surface area contributed by atoms with Gasteiger partial charge in [-0.2, -0.15) is 0 Å². The van der Waals surface area contributed by atoms with Crippen molar-refractivity contribution in [3.8, 4) is 0 Å². The van der Waals surface area contributed by atoms with Crippen molar-refractivity contribution in [2.75, 3.05) is 0 Å². The van der Waals surface area contributed by atoms with Crippen LogP contribution in [0, 0.1) is 5.92 Å². The van der Waals surface area contributed by atoms with Crippen molar-refractivity contribution in [2.45, 2.75) is 77.3 Å². The molecular formula is C19H29N. The Morgan fingerprint density at radius 1 is 1.05 bits per heavy atom. The van der Waals surface area contributed by atoms with Crippen molar-refractivity contribution < 1.29 is 0 Å². The molecule has 20 heavy (non-hydrogen) atoms. The highest BCUT2D eigenvalue weighted by Crippen LogP contribution is 2.28. The van der Waals surface area contributed by atoms with Crippen molar-refractivity contribution in [1.82, 2.24) is 5.32 Å². The Kier molecular flexibility index (Phi) is 4.45. The summed E-state index contributed by atoms with van der Waals surface area (Å²) in [5, 5.41) is 3.87. The van der Waals surface area contributed by atoms with Crippen LogP contribution in [0.4, 0.5) is 0 Å². The maximum Gasteiger partial charge on any atom is 0.0294 e. The molecule has 0 bridgehead atoms. The summed E-state index contributed by atoms with van der Waals surface area (Å²) in [7, 11) is 0. The van der Waals surface area contributed by atoms with Crippen LogP contribution in [0.15, 0.2) is 18.2 Å². The van der Waals surface area contributed by atoms with E-state index in [0.29, 0.717) is 6.04 Å². The largest absolute Gasteiger partial charge is 0.307 e. The molecule has 0 saturated heterocycles. The van der Waals surface area contributed by atoms with Crippen molar-refractivity contribution in [3.05, 3.63) is 34.9 Å². The molecule has 3 unspecified atom stereocenters. The van der Waals surface area contributed by atoms with Crippen LogP contribution in [-0.2, 0) is 12.8 Å². The molecule has 0 spiro atoms. The van der Waals surface area contributed by atoms with E-state index in [2.05, 4.69) is 37.4 Å². The van der Waals surface area contributed by atoms with Gasteiger partial charge in [-0.3, -0.25) is 0 Å². The van der Waals surface area contributed by atoms with Crippen molar-refractivity contribution in [3.63, 3.8) is 0 Å². The molecule has 3 atom stereocenters. The van der Waals surface area contributed by atoms with Gasteiger partial charge in [-0.05, 0) is 68.1 Å². The molecule has 1 nitrogen and oxygen atoms in total. The lowest BCUT2D eigenvalue weighted by Crippen LogP contribution is -2.35. The standard InChI is InChI=1S/C19H29N/c1-14-6-5-9-19(12-14)20-15(2)17-11-10-16-7-3-4-8-18(16)13-17/h10-11,13-15,19-20H,3-9,12H2,1-2H3. The van der Waals surface area contributed by atoms with Gasteiger partial charge in [-0.1, -0.05) is 38.0 Å². The number of benzene rings is 1.